The van der Waals surface area contributed by atoms with Crippen molar-refractivity contribution >= 4 is 11.9 Å². The summed E-state index contributed by atoms with van der Waals surface area (Å²) in [5, 5.41) is 9.20. The van der Waals surface area contributed by atoms with Crippen molar-refractivity contribution in [1.82, 2.24) is 0 Å². The molecule has 0 bridgehead atoms. The monoisotopic (exact) mass is 254 g/mol. The number of carbonyl (C=O) groups is 2. The zero-order chi connectivity index (χ0) is 14.0. The molecule has 0 saturated carbocycles. The molecule has 0 aliphatic heterocycles. The van der Waals surface area contributed by atoms with Gasteiger partial charge in [0.05, 0.1) is 6.26 Å². The maximum absolute atomic E-state index is 11.7. The zero-order valence-electron chi connectivity index (χ0n) is 11.2. The molecule has 0 fully saturated rings. The van der Waals surface area contributed by atoms with Crippen LogP contribution in [0.1, 0.15) is 52.4 Å². The SMILES string of the molecule is C=COC(=O)/C(CCCC)=C(/CCCC)C(=O)O. The molecule has 0 atom stereocenters. The number of esters is 1. The second-order valence-corrected chi connectivity index (χ2v) is 4.04. The Morgan fingerprint density at radius 2 is 1.61 bits per heavy atom. The molecule has 0 spiro atoms. The van der Waals surface area contributed by atoms with E-state index in [9.17, 15) is 14.7 Å². The Bertz CT molecular complexity index is 329. The fourth-order valence-electron chi connectivity index (χ4n) is 1.62. The van der Waals surface area contributed by atoms with Gasteiger partial charge in [-0.3, -0.25) is 0 Å². The van der Waals surface area contributed by atoms with Gasteiger partial charge in [0.25, 0.3) is 0 Å². The van der Waals surface area contributed by atoms with Gasteiger partial charge in [-0.15, -0.1) is 0 Å². The van der Waals surface area contributed by atoms with Crippen molar-refractivity contribution in [3.8, 4) is 0 Å². The second kappa shape index (κ2) is 9.45. The Hall–Kier alpha value is -1.58. The molecule has 0 aromatic heterocycles. The molecular weight excluding hydrogens is 232 g/mol. The zero-order valence-corrected chi connectivity index (χ0v) is 11.2. The van der Waals surface area contributed by atoms with E-state index in [1.807, 2.05) is 13.8 Å². The molecular formula is C14H22O4. The van der Waals surface area contributed by atoms with Gasteiger partial charge >= 0.3 is 11.9 Å². The van der Waals surface area contributed by atoms with Crippen molar-refractivity contribution in [2.45, 2.75) is 52.4 Å². The summed E-state index contributed by atoms with van der Waals surface area (Å²) in [5.74, 6) is -1.62. The topological polar surface area (TPSA) is 63.6 Å². The van der Waals surface area contributed by atoms with Crippen molar-refractivity contribution in [3.63, 3.8) is 0 Å². The summed E-state index contributed by atoms with van der Waals surface area (Å²) in [4.78, 5) is 23.0. The van der Waals surface area contributed by atoms with Crippen LogP contribution in [0.15, 0.2) is 24.0 Å². The number of unbranched alkanes of at least 4 members (excludes halogenated alkanes) is 2. The van der Waals surface area contributed by atoms with Crippen molar-refractivity contribution in [2.24, 2.45) is 0 Å². The molecule has 0 heterocycles. The number of carboxylic acids is 1. The molecule has 0 aromatic carbocycles. The molecule has 102 valence electrons. The number of hydrogen-bond acceptors (Lipinski definition) is 3. The quantitative estimate of drug-likeness (QED) is 0.389. The predicted octanol–water partition coefficient (Wildman–Crippen LogP) is 3.43. The molecule has 4 nitrogen and oxygen atoms in total. The molecule has 18 heavy (non-hydrogen) atoms. The minimum absolute atomic E-state index is 0.178. The van der Waals surface area contributed by atoms with Crippen LogP contribution < -0.4 is 0 Å². The third-order valence-electron chi connectivity index (χ3n) is 2.62. The van der Waals surface area contributed by atoms with Crippen molar-refractivity contribution in [1.29, 1.82) is 0 Å². The molecule has 0 aromatic rings. The summed E-state index contributed by atoms with van der Waals surface area (Å²) in [5.41, 5.74) is 0.454. The third-order valence-corrected chi connectivity index (χ3v) is 2.62. The van der Waals surface area contributed by atoms with Gasteiger partial charge in [-0.1, -0.05) is 33.3 Å². The summed E-state index contributed by atoms with van der Waals surface area (Å²) >= 11 is 0. The average Bonchev–Trinajstić information content (AvgIpc) is 2.33. The van der Waals surface area contributed by atoms with E-state index in [0.717, 1.165) is 31.9 Å². The summed E-state index contributed by atoms with van der Waals surface area (Å²) in [7, 11) is 0. The van der Waals surface area contributed by atoms with Crippen LogP contribution in [0.3, 0.4) is 0 Å². The number of aliphatic carboxylic acids is 1. The third kappa shape index (κ3) is 5.66. The second-order valence-electron chi connectivity index (χ2n) is 4.04. The van der Waals surface area contributed by atoms with E-state index in [2.05, 4.69) is 6.58 Å². The lowest BCUT2D eigenvalue weighted by Gasteiger charge is -2.10. The highest BCUT2D eigenvalue weighted by Crippen LogP contribution is 2.20. The van der Waals surface area contributed by atoms with Gasteiger partial charge < -0.3 is 9.84 Å². The lowest BCUT2D eigenvalue weighted by Crippen LogP contribution is -2.13. The van der Waals surface area contributed by atoms with Crippen molar-refractivity contribution < 1.29 is 19.4 Å². The Labute approximate surface area is 108 Å². The Morgan fingerprint density at radius 3 is 2.00 bits per heavy atom. The highest BCUT2D eigenvalue weighted by Gasteiger charge is 2.20. The number of hydrogen-bond donors (Lipinski definition) is 1. The van der Waals surface area contributed by atoms with E-state index in [0.29, 0.717) is 12.8 Å². The molecule has 0 amide bonds. The van der Waals surface area contributed by atoms with Gasteiger partial charge in [0.2, 0.25) is 0 Å². The first kappa shape index (κ1) is 16.4. The molecule has 0 rings (SSSR count). The van der Waals surface area contributed by atoms with Gasteiger partial charge in [-0.25, -0.2) is 9.59 Å². The number of carboxylic acid groups (broad SMARTS) is 1. The van der Waals surface area contributed by atoms with Gasteiger partial charge in [-0.2, -0.15) is 0 Å². The van der Waals surface area contributed by atoms with Gasteiger partial charge in [-0.05, 0) is 25.7 Å². The lowest BCUT2D eigenvalue weighted by atomic mass is 9.98. The van der Waals surface area contributed by atoms with Crippen molar-refractivity contribution in [2.75, 3.05) is 0 Å². The summed E-state index contributed by atoms with van der Waals surface area (Å²) < 4.78 is 4.72. The first-order valence-corrected chi connectivity index (χ1v) is 6.35. The lowest BCUT2D eigenvalue weighted by molar-refractivity contribution is -0.136. The Kier molecular flexibility index (Phi) is 8.62. The predicted molar refractivity (Wildman–Crippen MR) is 70.0 cm³/mol. The highest BCUT2D eigenvalue weighted by atomic mass is 16.5. The summed E-state index contributed by atoms with van der Waals surface area (Å²) in [6, 6.07) is 0. The van der Waals surface area contributed by atoms with Crippen LogP contribution in [0.4, 0.5) is 0 Å². The smallest absolute Gasteiger partial charge is 0.339 e. The maximum atomic E-state index is 11.7. The van der Waals surface area contributed by atoms with Crippen molar-refractivity contribution in [3.05, 3.63) is 24.0 Å². The van der Waals surface area contributed by atoms with Gasteiger partial charge in [0.15, 0.2) is 0 Å². The molecule has 0 aliphatic rings. The van der Waals surface area contributed by atoms with E-state index in [-0.39, 0.29) is 11.1 Å². The van der Waals surface area contributed by atoms with E-state index < -0.39 is 11.9 Å². The van der Waals surface area contributed by atoms with Gasteiger partial charge in [0.1, 0.15) is 0 Å². The highest BCUT2D eigenvalue weighted by molar-refractivity contribution is 5.99. The normalized spacial score (nSPS) is 11.7. The van der Waals surface area contributed by atoms with E-state index in [4.69, 9.17) is 4.74 Å². The van der Waals surface area contributed by atoms with Crippen LogP contribution in [0.5, 0.6) is 0 Å². The first-order chi connectivity index (χ1) is 8.58. The number of carbonyl (C=O) groups excluding carboxylic acids is 1. The van der Waals surface area contributed by atoms with Crippen LogP contribution >= 0.6 is 0 Å². The minimum Gasteiger partial charge on any atom is -0.478 e. The molecule has 1 N–H and O–H groups in total. The molecule has 0 saturated heterocycles. The average molecular weight is 254 g/mol. The fourth-order valence-corrected chi connectivity index (χ4v) is 1.62. The molecule has 0 aliphatic carbocycles. The Balaban J connectivity index is 5.17. The minimum atomic E-state index is -1.03. The maximum Gasteiger partial charge on any atom is 0.339 e. The Morgan fingerprint density at radius 1 is 1.11 bits per heavy atom. The fraction of sp³-hybridized carbons (Fsp3) is 0.571. The van der Waals surface area contributed by atoms with E-state index in [1.165, 1.54) is 0 Å². The van der Waals surface area contributed by atoms with Crippen LogP contribution in [0.25, 0.3) is 0 Å². The summed E-state index contributed by atoms with van der Waals surface area (Å²) in [6.07, 6.45) is 5.17. The van der Waals surface area contributed by atoms with E-state index in [1.54, 1.807) is 0 Å². The largest absolute Gasteiger partial charge is 0.478 e. The van der Waals surface area contributed by atoms with Crippen LogP contribution in [-0.2, 0) is 14.3 Å². The molecule has 4 heteroatoms. The number of ether oxygens (including phenoxy) is 1. The first-order valence-electron chi connectivity index (χ1n) is 6.35. The van der Waals surface area contributed by atoms with E-state index >= 15 is 0 Å². The van der Waals surface area contributed by atoms with Crippen LogP contribution in [-0.4, -0.2) is 17.0 Å². The molecule has 0 radical (unpaired) electrons. The standard InChI is InChI=1S/C14H22O4/c1-4-7-9-11(13(15)16)12(10-8-5-2)14(17)18-6-3/h6H,3-5,7-10H2,1-2H3,(H,15,16)/b12-11-. The molecule has 0 unspecified atom stereocenters. The summed E-state index contributed by atoms with van der Waals surface area (Å²) in [6.45, 7) is 7.29. The van der Waals surface area contributed by atoms with Gasteiger partial charge in [0, 0.05) is 11.1 Å². The van der Waals surface area contributed by atoms with Crippen LogP contribution in [0, 0.1) is 0 Å². The van der Waals surface area contributed by atoms with Crippen LogP contribution in [0.2, 0.25) is 0 Å². The number of rotatable bonds is 9.